The van der Waals surface area contributed by atoms with Crippen molar-refractivity contribution in [2.24, 2.45) is 0 Å². The number of rotatable bonds is 7. The van der Waals surface area contributed by atoms with Gasteiger partial charge in [0, 0.05) is 6.92 Å². The summed E-state index contributed by atoms with van der Waals surface area (Å²) in [6, 6.07) is -0.499. The molecule has 0 spiro atoms. The highest BCUT2D eigenvalue weighted by molar-refractivity contribution is 7.98. The molecule has 5 heteroatoms. The molecule has 0 rings (SSSR count). The molecule has 0 fully saturated rings. The van der Waals surface area contributed by atoms with Crippen molar-refractivity contribution in [3.63, 3.8) is 0 Å². The number of hydrogen-bond acceptors (Lipinski definition) is 4. The first kappa shape index (κ1) is 14.3. The summed E-state index contributed by atoms with van der Waals surface area (Å²) in [5.74, 6) is 0.294. The van der Waals surface area contributed by atoms with Crippen molar-refractivity contribution in [1.29, 1.82) is 0 Å². The van der Waals surface area contributed by atoms with Crippen LogP contribution in [0.25, 0.3) is 0 Å². The van der Waals surface area contributed by atoms with Crippen LogP contribution >= 0.6 is 11.8 Å². The molecular weight excluding hydrogens is 214 g/mol. The highest BCUT2D eigenvalue weighted by Gasteiger charge is 2.19. The number of carbonyl (C=O) groups is 2. The Bertz CT molecular complexity index is 209. The number of carbonyl (C=O) groups excluding carboxylic acids is 2. The number of nitrogens with one attached hydrogen (secondary N) is 1. The molecule has 0 heterocycles. The number of esters is 1. The SMILES string of the molecule is CCCOC(=O)C(CCSC)NC(C)=O. The second kappa shape index (κ2) is 8.59. The first-order valence-corrected chi connectivity index (χ1v) is 6.43. The summed E-state index contributed by atoms with van der Waals surface area (Å²) in [6.45, 7) is 3.75. The molecule has 0 aromatic carbocycles. The van der Waals surface area contributed by atoms with Crippen LogP contribution in [-0.4, -0.2) is 36.5 Å². The molecule has 0 aliphatic rings. The second-order valence-electron chi connectivity index (χ2n) is 3.20. The number of amides is 1. The summed E-state index contributed by atoms with van der Waals surface area (Å²) in [5.41, 5.74) is 0. The predicted molar refractivity (Wildman–Crippen MR) is 61.9 cm³/mol. The van der Waals surface area contributed by atoms with Crippen molar-refractivity contribution in [2.45, 2.75) is 32.7 Å². The van der Waals surface area contributed by atoms with E-state index in [9.17, 15) is 9.59 Å². The van der Waals surface area contributed by atoms with E-state index in [4.69, 9.17) is 4.74 Å². The molecule has 0 aromatic rings. The maximum Gasteiger partial charge on any atom is 0.328 e. The average Bonchev–Trinajstić information content (AvgIpc) is 2.20. The number of thioether (sulfide) groups is 1. The van der Waals surface area contributed by atoms with Gasteiger partial charge >= 0.3 is 5.97 Å². The smallest absolute Gasteiger partial charge is 0.328 e. The third kappa shape index (κ3) is 7.25. The molecule has 0 aromatic heterocycles. The van der Waals surface area contributed by atoms with E-state index in [0.29, 0.717) is 13.0 Å². The Morgan fingerprint density at radius 1 is 1.47 bits per heavy atom. The minimum atomic E-state index is -0.499. The standard InChI is InChI=1S/C10H19NO3S/c1-4-6-14-10(13)9(5-7-15-3)11-8(2)12/h9H,4-7H2,1-3H3,(H,11,12). The Balaban J connectivity index is 4.07. The summed E-state index contributed by atoms with van der Waals surface area (Å²) in [7, 11) is 0. The van der Waals surface area contributed by atoms with Gasteiger partial charge in [0.25, 0.3) is 0 Å². The monoisotopic (exact) mass is 233 g/mol. The first-order valence-electron chi connectivity index (χ1n) is 5.04. The van der Waals surface area contributed by atoms with E-state index in [-0.39, 0.29) is 11.9 Å². The summed E-state index contributed by atoms with van der Waals surface area (Å²) in [6.07, 6.45) is 3.37. The fourth-order valence-electron chi connectivity index (χ4n) is 1.03. The largest absolute Gasteiger partial charge is 0.464 e. The molecule has 0 saturated carbocycles. The van der Waals surface area contributed by atoms with Gasteiger partial charge < -0.3 is 10.1 Å². The molecule has 0 aliphatic carbocycles. The van der Waals surface area contributed by atoms with Crippen molar-refractivity contribution in [2.75, 3.05) is 18.6 Å². The minimum Gasteiger partial charge on any atom is -0.464 e. The predicted octanol–water partition coefficient (Wildman–Crippen LogP) is 1.20. The van der Waals surface area contributed by atoms with Crippen molar-refractivity contribution in [1.82, 2.24) is 5.32 Å². The molecule has 1 unspecified atom stereocenters. The minimum absolute atomic E-state index is 0.199. The lowest BCUT2D eigenvalue weighted by atomic mass is 10.2. The third-order valence-electron chi connectivity index (χ3n) is 1.72. The van der Waals surface area contributed by atoms with Crippen molar-refractivity contribution >= 4 is 23.6 Å². The highest BCUT2D eigenvalue weighted by atomic mass is 32.2. The zero-order valence-electron chi connectivity index (χ0n) is 9.54. The molecule has 1 amide bonds. The van der Waals surface area contributed by atoms with Gasteiger partial charge in [-0.2, -0.15) is 11.8 Å². The number of ether oxygens (including phenoxy) is 1. The summed E-state index contributed by atoms with van der Waals surface area (Å²) < 4.78 is 4.99. The van der Waals surface area contributed by atoms with E-state index in [1.54, 1.807) is 11.8 Å². The lowest BCUT2D eigenvalue weighted by Gasteiger charge is -2.15. The van der Waals surface area contributed by atoms with Gasteiger partial charge in [0.2, 0.25) is 5.91 Å². The zero-order valence-corrected chi connectivity index (χ0v) is 10.4. The maximum atomic E-state index is 11.5. The average molecular weight is 233 g/mol. The van der Waals surface area contributed by atoms with E-state index < -0.39 is 6.04 Å². The van der Waals surface area contributed by atoms with Crippen molar-refractivity contribution in [3.8, 4) is 0 Å². The molecule has 15 heavy (non-hydrogen) atoms. The molecule has 4 nitrogen and oxygen atoms in total. The lowest BCUT2D eigenvalue weighted by molar-refractivity contribution is -0.147. The normalized spacial score (nSPS) is 11.9. The zero-order chi connectivity index (χ0) is 11.7. The Morgan fingerprint density at radius 2 is 2.13 bits per heavy atom. The molecule has 1 N–H and O–H groups in total. The van der Waals surface area contributed by atoms with E-state index >= 15 is 0 Å². The molecule has 0 aliphatic heterocycles. The first-order chi connectivity index (χ1) is 7.11. The lowest BCUT2D eigenvalue weighted by Crippen LogP contribution is -2.41. The Hall–Kier alpha value is -0.710. The van der Waals surface area contributed by atoms with Crippen LogP contribution in [0.15, 0.2) is 0 Å². The van der Waals surface area contributed by atoms with Crippen LogP contribution in [-0.2, 0) is 14.3 Å². The van der Waals surface area contributed by atoms with Gasteiger partial charge in [-0.25, -0.2) is 4.79 Å². The Labute approximate surface area is 95.1 Å². The summed E-state index contributed by atoms with van der Waals surface area (Å²) in [5, 5.41) is 2.60. The van der Waals surface area contributed by atoms with Gasteiger partial charge in [-0.15, -0.1) is 0 Å². The van der Waals surface area contributed by atoms with E-state index in [0.717, 1.165) is 12.2 Å². The van der Waals surface area contributed by atoms with Crippen LogP contribution in [0, 0.1) is 0 Å². The molecule has 0 saturated heterocycles. The van der Waals surface area contributed by atoms with Gasteiger partial charge in [-0.3, -0.25) is 4.79 Å². The topological polar surface area (TPSA) is 55.4 Å². The molecule has 88 valence electrons. The van der Waals surface area contributed by atoms with Gasteiger partial charge in [0.1, 0.15) is 6.04 Å². The summed E-state index contributed by atoms with van der Waals surface area (Å²) >= 11 is 1.64. The fraction of sp³-hybridized carbons (Fsp3) is 0.800. The summed E-state index contributed by atoms with van der Waals surface area (Å²) in [4.78, 5) is 22.4. The van der Waals surface area contributed by atoms with Gasteiger partial charge in [0.05, 0.1) is 6.61 Å². The van der Waals surface area contributed by atoms with Crippen LogP contribution < -0.4 is 5.32 Å². The van der Waals surface area contributed by atoms with Crippen LogP contribution in [0.3, 0.4) is 0 Å². The van der Waals surface area contributed by atoms with Gasteiger partial charge in [-0.05, 0) is 24.9 Å². The third-order valence-corrected chi connectivity index (χ3v) is 2.37. The van der Waals surface area contributed by atoms with E-state index in [2.05, 4.69) is 5.32 Å². The Kier molecular flexibility index (Phi) is 8.18. The van der Waals surface area contributed by atoms with Crippen molar-refractivity contribution in [3.05, 3.63) is 0 Å². The fourth-order valence-corrected chi connectivity index (χ4v) is 1.50. The van der Waals surface area contributed by atoms with Crippen LogP contribution in [0.1, 0.15) is 26.7 Å². The van der Waals surface area contributed by atoms with E-state index in [1.807, 2.05) is 13.2 Å². The van der Waals surface area contributed by atoms with Crippen molar-refractivity contribution < 1.29 is 14.3 Å². The van der Waals surface area contributed by atoms with Crippen LogP contribution in [0.5, 0.6) is 0 Å². The molecule has 0 bridgehead atoms. The number of hydrogen-bond donors (Lipinski definition) is 1. The maximum absolute atomic E-state index is 11.5. The Morgan fingerprint density at radius 3 is 2.60 bits per heavy atom. The van der Waals surface area contributed by atoms with Gasteiger partial charge in [0.15, 0.2) is 0 Å². The molecule has 0 radical (unpaired) electrons. The molecular formula is C10H19NO3S. The molecule has 1 atom stereocenters. The van der Waals surface area contributed by atoms with E-state index in [1.165, 1.54) is 6.92 Å². The quantitative estimate of drug-likeness (QED) is 0.671. The second-order valence-corrected chi connectivity index (χ2v) is 4.19. The van der Waals surface area contributed by atoms with Gasteiger partial charge in [-0.1, -0.05) is 6.92 Å². The highest BCUT2D eigenvalue weighted by Crippen LogP contribution is 2.03. The van der Waals surface area contributed by atoms with Crippen LogP contribution in [0.4, 0.5) is 0 Å². The van der Waals surface area contributed by atoms with Crippen LogP contribution in [0.2, 0.25) is 0 Å².